The van der Waals surface area contributed by atoms with Crippen LogP contribution in [0.25, 0.3) is 11.1 Å². The van der Waals surface area contributed by atoms with Crippen LogP contribution in [0.4, 0.5) is 0 Å². The highest BCUT2D eigenvalue weighted by Gasteiger charge is 2.18. The van der Waals surface area contributed by atoms with E-state index in [-0.39, 0.29) is 6.61 Å². The molecule has 2 aromatic carbocycles. The highest BCUT2D eigenvalue weighted by Crippen LogP contribution is 2.39. The van der Waals surface area contributed by atoms with Gasteiger partial charge < -0.3 is 5.11 Å². The van der Waals surface area contributed by atoms with Gasteiger partial charge >= 0.3 is 0 Å². The molecule has 1 aliphatic rings. The van der Waals surface area contributed by atoms with Crippen LogP contribution in [-0.2, 0) is 16.4 Å². The van der Waals surface area contributed by atoms with E-state index in [1.807, 2.05) is 24.3 Å². The third kappa shape index (κ3) is 3.38. The third-order valence-corrected chi connectivity index (χ3v) is 5.46. The monoisotopic (exact) mass is 328 g/mol. The number of sulfone groups is 1. The number of benzene rings is 2. The number of allylic oxidation sites excluding steroid dienone is 2. The molecular weight excluding hydrogens is 308 g/mol. The second kappa shape index (κ2) is 6.30. The van der Waals surface area contributed by atoms with Gasteiger partial charge in [-0.3, -0.25) is 0 Å². The van der Waals surface area contributed by atoms with Crippen LogP contribution in [0.2, 0.25) is 0 Å². The van der Waals surface area contributed by atoms with Gasteiger partial charge in [0, 0.05) is 6.26 Å². The number of aliphatic hydroxyl groups is 1. The Morgan fingerprint density at radius 3 is 1.78 bits per heavy atom. The van der Waals surface area contributed by atoms with Crippen LogP contribution in [0.15, 0.2) is 53.4 Å². The number of hydrogen-bond donors (Lipinski definition) is 1. The molecule has 23 heavy (non-hydrogen) atoms. The molecular formula is C19H20O3S. The summed E-state index contributed by atoms with van der Waals surface area (Å²) in [6.45, 7) is 0.0547. The molecule has 2 aromatic rings. The van der Waals surface area contributed by atoms with Crippen LogP contribution < -0.4 is 0 Å². The molecule has 3 nitrogen and oxygen atoms in total. The van der Waals surface area contributed by atoms with Crippen molar-refractivity contribution < 1.29 is 13.5 Å². The Morgan fingerprint density at radius 2 is 1.35 bits per heavy atom. The van der Waals surface area contributed by atoms with Crippen molar-refractivity contribution in [3.8, 4) is 0 Å². The van der Waals surface area contributed by atoms with Crippen molar-refractivity contribution >= 4 is 21.0 Å². The first-order valence-corrected chi connectivity index (χ1v) is 9.61. The van der Waals surface area contributed by atoms with Crippen molar-refractivity contribution in [2.75, 3.05) is 6.26 Å². The van der Waals surface area contributed by atoms with E-state index < -0.39 is 9.84 Å². The lowest BCUT2D eigenvalue weighted by Gasteiger charge is -2.10. The van der Waals surface area contributed by atoms with Crippen LogP contribution in [0, 0.1) is 0 Å². The lowest BCUT2D eigenvalue weighted by Crippen LogP contribution is -1.97. The molecule has 0 aliphatic heterocycles. The maximum absolute atomic E-state index is 11.6. The zero-order valence-corrected chi connectivity index (χ0v) is 13.9. The van der Waals surface area contributed by atoms with Gasteiger partial charge in [0.1, 0.15) is 0 Å². The van der Waals surface area contributed by atoms with Gasteiger partial charge in [-0.25, -0.2) is 8.42 Å². The van der Waals surface area contributed by atoms with Crippen molar-refractivity contribution in [1.29, 1.82) is 0 Å². The summed E-state index contributed by atoms with van der Waals surface area (Å²) in [6.07, 6.45) is 4.38. The largest absolute Gasteiger partial charge is 0.392 e. The van der Waals surface area contributed by atoms with Crippen molar-refractivity contribution in [2.24, 2.45) is 0 Å². The quantitative estimate of drug-likeness (QED) is 0.931. The predicted molar refractivity (Wildman–Crippen MR) is 92.6 cm³/mol. The normalized spacial score (nSPS) is 15.2. The first-order chi connectivity index (χ1) is 11.0. The van der Waals surface area contributed by atoms with Gasteiger partial charge in [0.15, 0.2) is 9.84 Å². The average molecular weight is 328 g/mol. The summed E-state index contributed by atoms with van der Waals surface area (Å²) in [4.78, 5) is 0.355. The fourth-order valence-electron chi connectivity index (χ4n) is 3.10. The van der Waals surface area contributed by atoms with E-state index in [1.54, 1.807) is 12.1 Å². The Labute approximate surface area is 137 Å². The van der Waals surface area contributed by atoms with E-state index in [0.717, 1.165) is 30.4 Å². The Bertz CT molecular complexity index is 829. The molecule has 1 N–H and O–H groups in total. The summed E-state index contributed by atoms with van der Waals surface area (Å²) >= 11 is 0. The maximum atomic E-state index is 11.6. The summed E-state index contributed by atoms with van der Waals surface area (Å²) in [5.74, 6) is 0. The van der Waals surface area contributed by atoms with E-state index in [9.17, 15) is 8.42 Å². The minimum atomic E-state index is -3.16. The molecule has 0 spiro atoms. The van der Waals surface area contributed by atoms with Gasteiger partial charge in [0.2, 0.25) is 0 Å². The maximum Gasteiger partial charge on any atom is 0.175 e. The highest BCUT2D eigenvalue weighted by molar-refractivity contribution is 7.90. The smallest absolute Gasteiger partial charge is 0.175 e. The Morgan fingerprint density at radius 1 is 0.870 bits per heavy atom. The van der Waals surface area contributed by atoms with Crippen LogP contribution >= 0.6 is 0 Å². The fraction of sp³-hybridized carbons (Fsp3) is 0.263. The lowest BCUT2D eigenvalue weighted by atomic mass is 9.96. The van der Waals surface area contributed by atoms with Crippen LogP contribution in [0.5, 0.6) is 0 Å². The molecule has 0 radical (unpaired) electrons. The molecule has 0 fully saturated rings. The van der Waals surface area contributed by atoms with E-state index in [4.69, 9.17) is 5.11 Å². The van der Waals surface area contributed by atoms with Crippen molar-refractivity contribution in [3.05, 3.63) is 65.2 Å². The second-order valence-corrected chi connectivity index (χ2v) is 7.98. The van der Waals surface area contributed by atoms with E-state index in [1.165, 1.54) is 23.0 Å². The standard InChI is InChI=1S/C19H20O3S/c1-23(21,22)17-11-9-16(10-12-17)19-4-2-3-18(19)15-7-5-14(13-20)6-8-15/h5-12,20H,2-4,13H2,1H3. The zero-order chi connectivity index (χ0) is 16.4. The fourth-order valence-corrected chi connectivity index (χ4v) is 3.73. The van der Waals surface area contributed by atoms with Gasteiger partial charge in [-0.1, -0.05) is 36.4 Å². The molecule has 0 aromatic heterocycles. The second-order valence-electron chi connectivity index (χ2n) is 5.96. The topological polar surface area (TPSA) is 54.4 Å². The van der Waals surface area contributed by atoms with Gasteiger partial charge in [0.25, 0.3) is 0 Å². The van der Waals surface area contributed by atoms with Crippen molar-refractivity contribution in [2.45, 2.75) is 30.8 Å². The molecule has 120 valence electrons. The molecule has 1 aliphatic carbocycles. The summed E-state index contributed by atoms with van der Waals surface area (Å²) in [5.41, 5.74) is 5.80. The van der Waals surface area contributed by atoms with Gasteiger partial charge in [-0.15, -0.1) is 0 Å². The molecule has 0 saturated carbocycles. The SMILES string of the molecule is CS(=O)(=O)c1ccc(C2=C(c3ccc(CO)cc3)CCC2)cc1. The van der Waals surface area contributed by atoms with Gasteiger partial charge in [-0.05, 0) is 59.2 Å². The molecule has 0 atom stereocenters. The van der Waals surface area contributed by atoms with E-state index in [0.29, 0.717) is 4.90 Å². The predicted octanol–water partition coefficient (Wildman–Crippen LogP) is 3.68. The Hall–Kier alpha value is -1.91. The molecule has 0 unspecified atom stereocenters. The van der Waals surface area contributed by atoms with Crippen molar-refractivity contribution in [3.63, 3.8) is 0 Å². The molecule has 0 bridgehead atoms. The van der Waals surface area contributed by atoms with Crippen LogP contribution in [0.3, 0.4) is 0 Å². The third-order valence-electron chi connectivity index (χ3n) is 4.33. The minimum absolute atomic E-state index is 0.0547. The van der Waals surface area contributed by atoms with Gasteiger partial charge in [-0.2, -0.15) is 0 Å². The number of hydrogen-bond acceptors (Lipinski definition) is 3. The first kappa shape index (κ1) is 16.0. The number of rotatable bonds is 4. The Balaban J connectivity index is 1.98. The van der Waals surface area contributed by atoms with Crippen molar-refractivity contribution in [1.82, 2.24) is 0 Å². The first-order valence-electron chi connectivity index (χ1n) is 7.72. The summed E-state index contributed by atoms with van der Waals surface area (Å²) in [5, 5.41) is 9.15. The molecule has 0 heterocycles. The van der Waals surface area contributed by atoms with E-state index >= 15 is 0 Å². The average Bonchev–Trinajstić information content (AvgIpc) is 3.04. The Kier molecular flexibility index (Phi) is 4.37. The number of aliphatic hydroxyl groups excluding tert-OH is 1. The molecule has 0 amide bonds. The minimum Gasteiger partial charge on any atom is -0.392 e. The van der Waals surface area contributed by atoms with Crippen LogP contribution in [0.1, 0.15) is 36.0 Å². The summed E-state index contributed by atoms with van der Waals surface area (Å²) in [7, 11) is -3.16. The molecule has 4 heteroatoms. The van der Waals surface area contributed by atoms with Crippen LogP contribution in [-0.4, -0.2) is 19.8 Å². The lowest BCUT2D eigenvalue weighted by molar-refractivity contribution is 0.282. The zero-order valence-electron chi connectivity index (χ0n) is 13.1. The van der Waals surface area contributed by atoms with E-state index in [2.05, 4.69) is 12.1 Å². The summed E-state index contributed by atoms with van der Waals surface area (Å²) < 4.78 is 23.2. The van der Waals surface area contributed by atoms with Gasteiger partial charge in [0.05, 0.1) is 11.5 Å². The highest BCUT2D eigenvalue weighted by atomic mass is 32.2. The molecule has 0 saturated heterocycles. The summed E-state index contributed by atoms with van der Waals surface area (Å²) in [6, 6.07) is 15.2. The molecule has 3 rings (SSSR count).